The summed E-state index contributed by atoms with van der Waals surface area (Å²) >= 11 is 4.83. The molecule has 0 saturated heterocycles. The fourth-order valence-electron chi connectivity index (χ4n) is 5.94. The average Bonchev–Trinajstić information content (AvgIpc) is 3.38. The Morgan fingerprint density at radius 3 is 2.45 bits per heavy atom. The quantitative estimate of drug-likeness (QED) is 0.135. The molecule has 1 aliphatic heterocycles. The van der Waals surface area contributed by atoms with Gasteiger partial charge in [-0.25, -0.2) is 4.99 Å². The minimum Gasteiger partial charge on any atom is -0.493 e. The number of thiazole rings is 1. The molecule has 13 heteroatoms. The lowest BCUT2D eigenvalue weighted by atomic mass is 9.83. The van der Waals surface area contributed by atoms with Crippen LogP contribution < -0.4 is 24.4 Å². The number of nitro benzene ring substituents is 2. The molecule has 0 radical (unpaired) electrons. The van der Waals surface area contributed by atoms with Gasteiger partial charge in [0.15, 0.2) is 16.3 Å². The largest absolute Gasteiger partial charge is 0.493 e. The summed E-state index contributed by atoms with van der Waals surface area (Å²) in [5.74, 6) is 0.224. The summed E-state index contributed by atoms with van der Waals surface area (Å²) in [6.45, 7) is 0. The van der Waals surface area contributed by atoms with Crippen LogP contribution in [-0.2, 0) is 6.42 Å². The number of nitrogens with zero attached hydrogens (tertiary/aromatic N) is 4. The Labute approximate surface area is 278 Å². The second-order valence-electron chi connectivity index (χ2n) is 10.8. The molecule has 11 nitrogen and oxygen atoms in total. The lowest BCUT2D eigenvalue weighted by Gasteiger charge is -2.30. The van der Waals surface area contributed by atoms with Gasteiger partial charge in [0, 0.05) is 16.1 Å². The van der Waals surface area contributed by atoms with E-state index in [2.05, 4.69) is 28.1 Å². The number of nitro groups is 2. The fourth-order valence-corrected chi connectivity index (χ4v) is 7.21. The van der Waals surface area contributed by atoms with Crippen LogP contribution in [0.1, 0.15) is 34.7 Å². The number of aryl methyl sites for hydroxylation is 1. The number of allylic oxidation sites excluding steroid dienone is 1. The fraction of sp³-hybridized carbons (Fsp3) is 0.118. The smallest absolute Gasteiger partial charge is 0.318 e. The highest BCUT2D eigenvalue weighted by molar-refractivity contribution is 9.10. The van der Waals surface area contributed by atoms with Crippen molar-refractivity contribution in [2.24, 2.45) is 4.99 Å². The van der Waals surface area contributed by atoms with E-state index in [1.165, 1.54) is 30.1 Å². The molecule has 7 rings (SSSR count). The third-order valence-electron chi connectivity index (χ3n) is 8.11. The van der Waals surface area contributed by atoms with Crippen molar-refractivity contribution < 1.29 is 19.3 Å². The van der Waals surface area contributed by atoms with E-state index in [9.17, 15) is 25.0 Å². The molecule has 0 N–H and O–H groups in total. The number of ether oxygens (including phenoxy) is 2. The van der Waals surface area contributed by atoms with Crippen molar-refractivity contribution in [2.45, 2.75) is 18.9 Å². The van der Waals surface area contributed by atoms with Gasteiger partial charge in [-0.05, 0) is 71.5 Å². The van der Waals surface area contributed by atoms with Gasteiger partial charge >= 0.3 is 5.69 Å². The first-order chi connectivity index (χ1) is 22.7. The number of halogens is 1. The maximum atomic E-state index is 14.1. The SMILES string of the molecule is COc1cc(/C=c2\sc3n(c2=O)[C@H](c2ccc(Br)cc2)C2=C(N=3)c3ccccc3CC2)ccc1Oc1ccc([N+](=O)[O-])cc1[N+](=O)[O-]. The number of non-ortho nitro benzene ring substituents is 1. The highest BCUT2D eigenvalue weighted by Gasteiger charge is 2.32. The zero-order chi connectivity index (χ0) is 32.8. The first-order valence-electron chi connectivity index (χ1n) is 14.4. The first kappa shape index (κ1) is 30.3. The Balaban J connectivity index is 1.31. The predicted octanol–water partition coefficient (Wildman–Crippen LogP) is 6.70. The molecule has 0 unspecified atom stereocenters. The number of fused-ring (bicyclic) bond motifs is 3. The molecule has 4 aromatic carbocycles. The van der Waals surface area contributed by atoms with Crippen LogP contribution in [0.3, 0.4) is 0 Å². The van der Waals surface area contributed by atoms with Crippen LogP contribution in [0.4, 0.5) is 11.4 Å². The van der Waals surface area contributed by atoms with E-state index >= 15 is 0 Å². The first-order valence-corrected chi connectivity index (χ1v) is 16.0. The summed E-state index contributed by atoms with van der Waals surface area (Å²) in [6, 6.07) is 24.0. The monoisotopic (exact) mass is 710 g/mol. The van der Waals surface area contributed by atoms with Crippen molar-refractivity contribution in [1.29, 1.82) is 0 Å². The number of aromatic nitrogens is 1. The Morgan fingerprint density at radius 2 is 1.70 bits per heavy atom. The van der Waals surface area contributed by atoms with Crippen molar-refractivity contribution >= 4 is 50.4 Å². The molecule has 0 saturated carbocycles. The molecular formula is C34H23BrN4O7S. The van der Waals surface area contributed by atoms with Gasteiger partial charge in [-0.3, -0.25) is 29.6 Å². The van der Waals surface area contributed by atoms with Gasteiger partial charge in [0.2, 0.25) is 5.75 Å². The van der Waals surface area contributed by atoms with Crippen LogP contribution in [0.2, 0.25) is 0 Å². The van der Waals surface area contributed by atoms with Crippen LogP contribution in [-0.4, -0.2) is 21.5 Å². The molecule has 47 heavy (non-hydrogen) atoms. The third-order valence-corrected chi connectivity index (χ3v) is 9.63. The topological polar surface area (TPSA) is 139 Å². The van der Waals surface area contributed by atoms with E-state index in [0.717, 1.165) is 51.8 Å². The van der Waals surface area contributed by atoms with Gasteiger partial charge in [0.1, 0.15) is 0 Å². The molecular weight excluding hydrogens is 688 g/mol. The number of hydrogen-bond donors (Lipinski definition) is 0. The van der Waals surface area contributed by atoms with E-state index in [0.29, 0.717) is 14.9 Å². The molecule has 1 aromatic heterocycles. The van der Waals surface area contributed by atoms with Crippen molar-refractivity contribution in [2.75, 3.05) is 7.11 Å². The molecule has 234 valence electrons. The maximum Gasteiger partial charge on any atom is 0.318 e. The second-order valence-corrected chi connectivity index (χ2v) is 12.8. The summed E-state index contributed by atoms with van der Waals surface area (Å²) in [6.07, 6.45) is 3.39. The third kappa shape index (κ3) is 5.53. The van der Waals surface area contributed by atoms with E-state index in [1.54, 1.807) is 28.8 Å². The minimum absolute atomic E-state index is 0.157. The highest BCUT2D eigenvalue weighted by Crippen LogP contribution is 2.42. The molecule has 0 spiro atoms. The van der Waals surface area contributed by atoms with E-state index in [-0.39, 0.29) is 28.8 Å². The van der Waals surface area contributed by atoms with Crippen molar-refractivity contribution in [3.8, 4) is 17.2 Å². The summed E-state index contributed by atoms with van der Waals surface area (Å²) < 4.78 is 14.5. The zero-order valence-electron chi connectivity index (χ0n) is 24.6. The lowest BCUT2D eigenvalue weighted by Crippen LogP contribution is -2.38. The molecule has 5 aromatic rings. The molecule has 2 heterocycles. The van der Waals surface area contributed by atoms with Gasteiger partial charge in [0.25, 0.3) is 11.2 Å². The summed E-state index contributed by atoms with van der Waals surface area (Å²) in [7, 11) is 1.42. The van der Waals surface area contributed by atoms with Crippen LogP contribution >= 0.6 is 27.3 Å². The summed E-state index contributed by atoms with van der Waals surface area (Å²) in [5, 5.41) is 22.7. The zero-order valence-corrected chi connectivity index (χ0v) is 27.0. The summed E-state index contributed by atoms with van der Waals surface area (Å²) in [5.41, 5.74) is 4.80. The standard InChI is InChI=1S/C34H23BrN4O7S/c1-45-29-16-19(6-14-28(29)46-27-15-12-23(38(41)42)18-26(27)39(43)44)17-30-33(40)37-32(21-7-10-22(35)11-8-21)25-13-9-20-4-2-3-5-24(20)31(25)36-34(37)47-30/h2-8,10-12,14-18,32H,9,13H2,1H3/b30-17-/t32-/m1/s1. The number of rotatable bonds is 7. The van der Waals surface area contributed by atoms with E-state index < -0.39 is 21.2 Å². The van der Waals surface area contributed by atoms with Crippen LogP contribution in [0.15, 0.2) is 105 Å². The number of methoxy groups -OCH3 is 1. The van der Waals surface area contributed by atoms with Crippen molar-refractivity contribution in [1.82, 2.24) is 4.57 Å². The maximum absolute atomic E-state index is 14.1. The Kier molecular flexibility index (Phi) is 7.78. The molecule has 0 bridgehead atoms. The molecule has 0 amide bonds. The second kappa shape index (κ2) is 12.1. The predicted molar refractivity (Wildman–Crippen MR) is 180 cm³/mol. The normalized spacial score (nSPS) is 15.3. The highest BCUT2D eigenvalue weighted by atomic mass is 79.9. The van der Waals surface area contributed by atoms with E-state index in [1.807, 2.05) is 36.4 Å². The molecule has 1 aliphatic carbocycles. The Morgan fingerprint density at radius 1 is 0.936 bits per heavy atom. The number of hydrogen-bond acceptors (Lipinski definition) is 9. The van der Waals surface area contributed by atoms with Gasteiger partial charge in [-0.2, -0.15) is 0 Å². The molecule has 2 aliphatic rings. The van der Waals surface area contributed by atoms with Crippen LogP contribution in [0.25, 0.3) is 11.8 Å². The molecule has 0 fully saturated rings. The van der Waals surface area contributed by atoms with E-state index in [4.69, 9.17) is 14.5 Å². The Hall–Kier alpha value is -5.40. The molecule has 1 atom stereocenters. The van der Waals surface area contributed by atoms with Gasteiger partial charge in [-0.15, -0.1) is 0 Å². The van der Waals surface area contributed by atoms with Gasteiger partial charge < -0.3 is 9.47 Å². The summed E-state index contributed by atoms with van der Waals surface area (Å²) in [4.78, 5) is 41.0. The Bertz CT molecular complexity index is 2330. The lowest BCUT2D eigenvalue weighted by molar-refractivity contribution is -0.394. The average molecular weight is 712 g/mol. The van der Waals surface area contributed by atoms with Gasteiger partial charge in [0.05, 0.1) is 39.3 Å². The van der Waals surface area contributed by atoms with Crippen molar-refractivity contribution in [3.05, 3.63) is 157 Å². The van der Waals surface area contributed by atoms with Gasteiger partial charge in [-0.1, -0.05) is 69.7 Å². The van der Waals surface area contributed by atoms with Crippen molar-refractivity contribution in [3.63, 3.8) is 0 Å². The van der Waals surface area contributed by atoms with Crippen LogP contribution in [0, 0.1) is 20.2 Å². The number of benzene rings is 4. The van der Waals surface area contributed by atoms with Crippen LogP contribution in [0.5, 0.6) is 17.2 Å². The minimum atomic E-state index is -0.749.